The topological polar surface area (TPSA) is 78.4 Å². The summed E-state index contributed by atoms with van der Waals surface area (Å²) in [6, 6.07) is 0.0385. The van der Waals surface area contributed by atoms with Crippen molar-refractivity contribution in [2.24, 2.45) is 5.92 Å². The lowest BCUT2D eigenvalue weighted by Gasteiger charge is -2.23. The molecule has 1 aliphatic heterocycles. The largest absolute Gasteiger partial charge is 0.481 e. The summed E-state index contributed by atoms with van der Waals surface area (Å²) in [6.45, 7) is 2.08. The molecule has 3 N–H and O–H groups in total. The Morgan fingerprint density at radius 2 is 2.18 bits per heavy atom. The van der Waals surface area contributed by atoms with Crippen molar-refractivity contribution in [3.8, 4) is 0 Å². The van der Waals surface area contributed by atoms with Crippen molar-refractivity contribution in [2.75, 3.05) is 5.75 Å². The minimum atomic E-state index is -0.748. The molecule has 98 valence electrons. The maximum Gasteiger partial charge on any atom is 0.315 e. The van der Waals surface area contributed by atoms with E-state index in [4.69, 9.17) is 5.11 Å². The van der Waals surface area contributed by atoms with Crippen LogP contribution in [0.25, 0.3) is 0 Å². The number of thiol groups is 1. The van der Waals surface area contributed by atoms with Crippen molar-refractivity contribution in [1.29, 1.82) is 0 Å². The molecule has 0 aromatic carbocycles. The normalized spacial score (nSPS) is 25.2. The van der Waals surface area contributed by atoms with Gasteiger partial charge < -0.3 is 15.7 Å². The van der Waals surface area contributed by atoms with Gasteiger partial charge in [-0.3, -0.25) is 4.79 Å². The molecule has 0 aliphatic carbocycles. The lowest BCUT2D eigenvalue weighted by Crippen LogP contribution is -2.40. The Labute approximate surface area is 107 Å². The number of carbonyl (C=O) groups is 2. The van der Waals surface area contributed by atoms with Gasteiger partial charge in [0.2, 0.25) is 0 Å². The van der Waals surface area contributed by atoms with E-state index in [0.717, 1.165) is 12.8 Å². The summed E-state index contributed by atoms with van der Waals surface area (Å²) >= 11 is 4.21. The van der Waals surface area contributed by atoms with Crippen molar-refractivity contribution in [2.45, 2.75) is 44.7 Å². The van der Waals surface area contributed by atoms with E-state index >= 15 is 0 Å². The van der Waals surface area contributed by atoms with Crippen LogP contribution in [-0.4, -0.2) is 34.9 Å². The van der Waals surface area contributed by atoms with Gasteiger partial charge in [0.25, 0.3) is 0 Å². The highest BCUT2D eigenvalue weighted by Crippen LogP contribution is 2.19. The van der Waals surface area contributed by atoms with Crippen molar-refractivity contribution in [3.05, 3.63) is 0 Å². The van der Waals surface area contributed by atoms with Crippen molar-refractivity contribution >= 4 is 24.6 Å². The molecule has 0 unspecified atom stereocenters. The molecule has 5 nitrogen and oxygen atoms in total. The van der Waals surface area contributed by atoms with Gasteiger partial charge in [0.15, 0.2) is 0 Å². The summed E-state index contributed by atoms with van der Waals surface area (Å²) < 4.78 is 0. The van der Waals surface area contributed by atoms with E-state index in [1.807, 2.05) is 0 Å². The predicted octanol–water partition coefficient (Wildman–Crippen LogP) is 1.25. The number of hydrogen-bond acceptors (Lipinski definition) is 3. The fourth-order valence-corrected chi connectivity index (χ4v) is 2.49. The van der Waals surface area contributed by atoms with E-state index in [1.165, 1.54) is 0 Å². The van der Waals surface area contributed by atoms with Crippen LogP contribution in [0.2, 0.25) is 0 Å². The van der Waals surface area contributed by atoms with Crippen LogP contribution in [-0.2, 0) is 4.79 Å². The zero-order valence-electron chi connectivity index (χ0n) is 9.98. The minimum Gasteiger partial charge on any atom is -0.481 e. The van der Waals surface area contributed by atoms with Gasteiger partial charge in [0.05, 0.1) is 12.1 Å². The Morgan fingerprint density at radius 1 is 1.47 bits per heavy atom. The van der Waals surface area contributed by atoms with E-state index < -0.39 is 5.97 Å². The van der Waals surface area contributed by atoms with Crippen LogP contribution in [0.5, 0.6) is 0 Å². The third-order valence-corrected chi connectivity index (χ3v) is 3.55. The van der Waals surface area contributed by atoms with Crippen molar-refractivity contribution in [1.82, 2.24) is 10.6 Å². The van der Waals surface area contributed by atoms with Crippen LogP contribution in [0.3, 0.4) is 0 Å². The van der Waals surface area contributed by atoms with Crippen LogP contribution in [0.4, 0.5) is 4.79 Å². The summed E-state index contributed by atoms with van der Waals surface area (Å²) in [7, 11) is 0. The Hall–Kier alpha value is -0.910. The second-order valence-electron chi connectivity index (χ2n) is 4.55. The summed E-state index contributed by atoms with van der Waals surface area (Å²) in [4.78, 5) is 21.6. The highest BCUT2D eigenvalue weighted by atomic mass is 32.1. The quantitative estimate of drug-likeness (QED) is 0.411. The monoisotopic (exact) mass is 260 g/mol. The number of carbonyl (C=O) groups excluding carboxylic acids is 1. The highest BCUT2D eigenvalue weighted by molar-refractivity contribution is 7.80. The molecule has 6 heteroatoms. The third-order valence-electron chi connectivity index (χ3n) is 3.16. The number of amides is 2. The van der Waals surface area contributed by atoms with Crippen LogP contribution < -0.4 is 10.6 Å². The van der Waals surface area contributed by atoms with Gasteiger partial charge >= 0.3 is 12.0 Å². The zero-order valence-corrected chi connectivity index (χ0v) is 10.9. The molecule has 1 saturated heterocycles. The number of carboxylic acid groups (broad SMARTS) is 1. The highest BCUT2D eigenvalue weighted by Gasteiger charge is 2.33. The molecule has 0 spiro atoms. The molecular weight excluding hydrogens is 240 g/mol. The third kappa shape index (κ3) is 4.46. The van der Waals surface area contributed by atoms with Gasteiger partial charge in [-0.25, -0.2) is 4.79 Å². The second-order valence-corrected chi connectivity index (χ2v) is 4.91. The van der Waals surface area contributed by atoms with Crippen LogP contribution in [0.15, 0.2) is 0 Å². The molecule has 1 aliphatic rings. The second kappa shape index (κ2) is 6.74. The molecule has 0 bridgehead atoms. The lowest BCUT2D eigenvalue weighted by molar-refractivity contribution is -0.137. The van der Waals surface area contributed by atoms with Gasteiger partial charge in [-0.1, -0.05) is 13.3 Å². The maximum absolute atomic E-state index is 11.2. The molecule has 0 radical (unpaired) electrons. The number of urea groups is 1. The fraction of sp³-hybridized carbons (Fsp3) is 0.818. The first-order chi connectivity index (χ1) is 8.04. The molecule has 0 aromatic rings. The van der Waals surface area contributed by atoms with Crippen molar-refractivity contribution < 1.29 is 14.7 Å². The average molecular weight is 260 g/mol. The zero-order chi connectivity index (χ0) is 12.8. The Balaban J connectivity index is 2.29. The Kier molecular flexibility index (Phi) is 5.61. The molecule has 17 heavy (non-hydrogen) atoms. The predicted molar refractivity (Wildman–Crippen MR) is 68.4 cm³/mol. The number of aliphatic carboxylic acids is 1. The molecule has 1 fully saturated rings. The first-order valence-electron chi connectivity index (χ1n) is 5.94. The summed E-state index contributed by atoms with van der Waals surface area (Å²) in [5.74, 6) is 0.199. The van der Waals surface area contributed by atoms with Gasteiger partial charge in [-0.15, -0.1) is 0 Å². The first kappa shape index (κ1) is 14.2. The van der Waals surface area contributed by atoms with E-state index in [0.29, 0.717) is 18.1 Å². The number of carboxylic acids is 1. The molecule has 3 atom stereocenters. The van der Waals surface area contributed by atoms with E-state index in [9.17, 15) is 9.59 Å². The van der Waals surface area contributed by atoms with Gasteiger partial charge in [-0.05, 0) is 18.8 Å². The number of unbranched alkanes of at least 4 members (excludes halogenated alkanes) is 1. The minimum absolute atomic E-state index is 0.0697. The Bertz CT molecular complexity index is 286. The first-order valence-corrected chi connectivity index (χ1v) is 6.57. The Morgan fingerprint density at radius 3 is 2.76 bits per heavy atom. The molecule has 2 amide bonds. The van der Waals surface area contributed by atoms with E-state index in [2.05, 4.69) is 30.2 Å². The van der Waals surface area contributed by atoms with Crippen LogP contribution in [0.1, 0.15) is 32.6 Å². The number of rotatable bonds is 7. The maximum atomic E-state index is 11.2. The van der Waals surface area contributed by atoms with Crippen LogP contribution in [0, 0.1) is 5.92 Å². The fourth-order valence-electron chi connectivity index (χ4n) is 2.17. The number of nitrogens with one attached hydrogen (secondary N) is 2. The summed E-state index contributed by atoms with van der Waals surface area (Å²) in [5, 5.41) is 14.2. The smallest absolute Gasteiger partial charge is 0.315 e. The molecule has 0 saturated carbocycles. The number of hydrogen-bond donors (Lipinski definition) is 4. The SMILES string of the molecule is C[C@@H](CCCCC(=O)O)[C@H]1NC(=O)N[C@H]1CS. The standard InChI is InChI=1S/C11H20N2O3S/c1-7(4-2-3-5-9(14)15)10-8(6-17)12-11(16)13-10/h7-8,10,17H,2-6H2,1H3,(H,14,15)(H2,12,13,16)/t7-,8-,10+/m0/s1. The molecule has 0 aromatic heterocycles. The van der Waals surface area contributed by atoms with Gasteiger partial charge in [0, 0.05) is 12.2 Å². The molecule has 1 rings (SSSR count). The van der Waals surface area contributed by atoms with E-state index in [-0.39, 0.29) is 24.5 Å². The van der Waals surface area contributed by atoms with Crippen LogP contribution >= 0.6 is 12.6 Å². The average Bonchev–Trinajstić information content (AvgIpc) is 2.65. The summed E-state index contributed by atoms with van der Waals surface area (Å²) in [6.07, 6.45) is 2.71. The van der Waals surface area contributed by atoms with Crippen molar-refractivity contribution in [3.63, 3.8) is 0 Å². The lowest BCUT2D eigenvalue weighted by atomic mass is 9.92. The van der Waals surface area contributed by atoms with E-state index in [1.54, 1.807) is 0 Å². The molecular formula is C11H20N2O3S. The summed E-state index contributed by atoms with van der Waals surface area (Å²) in [5.41, 5.74) is 0. The molecule has 1 heterocycles. The van der Waals surface area contributed by atoms with Gasteiger partial charge in [-0.2, -0.15) is 12.6 Å². The van der Waals surface area contributed by atoms with Gasteiger partial charge in [0.1, 0.15) is 0 Å².